The molecule has 1 heterocycles. The number of nitrogens with two attached hydrogens (primary N) is 1. The molecule has 0 unspecified atom stereocenters. The number of urea groups is 1. The van der Waals surface area contributed by atoms with Gasteiger partial charge < -0.3 is 5.32 Å². The van der Waals surface area contributed by atoms with Gasteiger partial charge in [0.2, 0.25) is 15.9 Å². The first-order valence-electron chi connectivity index (χ1n) is 7.08. The molecule has 8 heteroatoms. The van der Waals surface area contributed by atoms with Gasteiger partial charge in [-0.25, -0.2) is 18.4 Å². The van der Waals surface area contributed by atoms with Crippen LogP contribution in [0.2, 0.25) is 0 Å². The van der Waals surface area contributed by atoms with E-state index in [0.717, 1.165) is 12.8 Å². The van der Waals surface area contributed by atoms with Crippen molar-refractivity contribution >= 4 is 22.0 Å². The number of nitrogens with one attached hydrogen (secondary N) is 1. The first-order chi connectivity index (χ1) is 10.4. The van der Waals surface area contributed by atoms with Crippen molar-refractivity contribution in [3.8, 4) is 0 Å². The maximum absolute atomic E-state index is 11.9. The van der Waals surface area contributed by atoms with Crippen LogP contribution in [0.25, 0.3) is 0 Å². The van der Waals surface area contributed by atoms with Crippen LogP contribution in [0, 0.1) is 0 Å². The first kappa shape index (κ1) is 16.4. The monoisotopic (exact) mass is 325 g/mol. The largest absolute Gasteiger partial charge is 0.337 e. The third-order valence-electron chi connectivity index (χ3n) is 3.52. The number of sulfonamides is 1. The third-order valence-corrected chi connectivity index (χ3v) is 4.53. The summed E-state index contributed by atoms with van der Waals surface area (Å²) in [5.74, 6) is -0.173. The highest BCUT2D eigenvalue weighted by Gasteiger charge is 2.24. The summed E-state index contributed by atoms with van der Waals surface area (Å²) < 4.78 is 23.0. The lowest BCUT2D eigenvalue weighted by Crippen LogP contribution is -2.46. The zero-order valence-corrected chi connectivity index (χ0v) is 12.9. The summed E-state index contributed by atoms with van der Waals surface area (Å²) in [6.07, 6.45) is 2.33. The molecule has 3 amide bonds. The van der Waals surface area contributed by atoms with Crippen LogP contribution in [0.1, 0.15) is 24.8 Å². The summed E-state index contributed by atoms with van der Waals surface area (Å²) in [6.45, 7) is 0.660. The Labute approximate surface area is 129 Å². The van der Waals surface area contributed by atoms with Crippen LogP contribution in [-0.4, -0.2) is 38.3 Å². The number of rotatable bonds is 4. The lowest BCUT2D eigenvalue weighted by Gasteiger charge is -2.25. The number of nitrogens with zero attached hydrogens (tertiary/aromatic N) is 1. The highest BCUT2D eigenvalue weighted by Crippen LogP contribution is 2.14. The molecule has 22 heavy (non-hydrogen) atoms. The van der Waals surface area contributed by atoms with Crippen LogP contribution >= 0.6 is 0 Å². The SMILES string of the molecule is NS(=O)(=O)c1ccccc1CCNC(=O)N1CCCCC1=O. The number of hydrogen-bond acceptors (Lipinski definition) is 4. The van der Waals surface area contributed by atoms with Crippen molar-refractivity contribution in [2.24, 2.45) is 5.14 Å². The number of carbonyl (C=O) groups excluding carboxylic acids is 2. The van der Waals surface area contributed by atoms with Crippen LogP contribution in [0.4, 0.5) is 4.79 Å². The molecule has 3 N–H and O–H groups in total. The molecule has 0 aliphatic carbocycles. The van der Waals surface area contributed by atoms with E-state index in [1.54, 1.807) is 18.2 Å². The second-order valence-electron chi connectivity index (χ2n) is 5.14. The van der Waals surface area contributed by atoms with Crippen LogP contribution in [0.3, 0.4) is 0 Å². The Bertz CT molecular complexity index is 672. The Kier molecular flexibility index (Phi) is 5.15. The summed E-state index contributed by atoms with van der Waals surface area (Å²) in [4.78, 5) is 24.8. The summed E-state index contributed by atoms with van der Waals surface area (Å²) in [7, 11) is -3.79. The molecule has 0 saturated carbocycles. The van der Waals surface area contributed by atoms with Gasteiger partial charge in [0.1, 0.15) is 0 Å². The Morgan fingerprint density at radius 1 is 1.27 bits per heavy atom. The molecule has 0 bridgehead atoms. The van der Waals surface area contributed by atoms with Gasteiger partial charge in [0.05, 0.1) is 4.90 Å². The quantitative estimate of drug-likeness (QED) is 0.844. The summed E-state index contributed by atoms with van der Waals surface area (Å²) in [5.41, 5.74) is 0.537. The molecule has 0 atom stereocenters. The third kappa shape index (κ3) is 4.05. The van der Waals surface area contributed by atoms with E-state index in [1.165, 1.54) is 11.0 Å². The Morgan fingerprint density at radius 2 is 2.00 bits per heavy atom. The number of hydrogen-bond donors (Lipinski definition) is 2. The summed E-state index contributed by atoms with van der Waals surface area (Å²) in [5, 5.41) is 7.80. The fraction of sp³-hybridized carbons (Fsp3) is 0.429. The van der Waals surface area contributed by atoms with E-state index >= 15 is 0 Å². The number of imide groups is 1. The molecule has 2 rings (SSSR count). The van der Waals surface area contributed by atoms with Gasteiger partial charge in [-0.1, -0.05) is 18.2 Å². The van der Waals surface area contributed by atoms with E-state index in [0.29, 0.717) is 24.9 Å². The van der Waals surface area contributed by atoms with Gasteiger partial charge in [0.25, 0.3) is 0 Å². The van der Waals surface area contributed by atoms with Crippen molar-refractivity contribution < 1.29 is 18.0 Å². The minimum Gasteiger partial charge on any atom is -0.337 e. The Morgan fingerprint density at radius 3 is 2.68 bits per heavy atom. The fourth-order valence-electron chi connectivity index (χ4n) is 2.41. The zero-order valence-electron chi connectivity index (χ0n) is 12.1. The number of likely N-dealkylation sites (tertiary alicyclic amines) is 1. The van der Waals surface area contributed by atoms with Crippen molar-refractivity contribution in [2.45, 2.75) is 30.6 Å². The number of benzene rings is 1. The average Bonchev–Trinajstić information content (AvgIpc) is 2.47. The normalized spacial score (nSPS) is 15.7. The van der Waals surface area contributed by atoms with Crippen molar-refractivity contribution in [3.63, 3.8) is 0 Å². The van der Waals surface area contributed by atoms with Gasteiger partial charge in [-0.3, -0.25) is 9.69 Å². The van der Waals surface area contributed by atoms with E-state index in [4.69, 9.17) is 5.14 Å². The second kappa shape index (κ2) is 6.89. The zero-order chi connectivity index (χ0) is 16.2. The molecule has 0 spiro atoms. The summed E-state index contributed by atoms with van der Waals surface area (Å²) in [6, 6.07) is 5.95. The van der Waals surface area contributed by atoms with Gasteiger partial charge in [0.15, 0.2) is 0 Å². The Hall–Kier alpha value is -1.93. The Balaban J connectivity index is 1.94. The molecule has 1 aliphatic heterocycles. The first-order valence-corrected chi connectivity index (χ1v) is 8.63. The number of primary sulfonamides is 1. The molecule has 0 radical (unpaired) electrons. The highest BCUT2D eigenvalue weighted by atomic mass is 32.2. The standard InChI is InChI=1S/C14H19N3O4S/c15-22(20,21)12-6-2-1-5-11(12)8-9-16-14(19)17-10-4-3-7-13(17)18/h1-2,5-6H,3-4,7-10H2,(H,16,19)(H2,15,20,21). The number of carbonyl (C=O) groups is 2. The van der Waals surface area contributed by atoms with Crippen LogP contribution in [-0.2, 0) is 21.2 Å². The molecule has 1 fully saturated rings. The van der Waals surface area contributed by atoms with Crippen molar-refractivity contribution in [2.75, 3.05) is 13.1 Å². The van der Waals surface area contributed by atoms with E-state index in [2.05, 4.69) is 5.32 Å². The molecule has 1 aromatic rings. The van der Waals surface area contributed by atoms with Crippen molar-refractivity contribution in [1.29, 1.82) is 0 Å². The van der Waals surface area contributed by atoms with Crippen molar-refractivity contribution in [3.05, 3.63) is 29.8 Å². The molecule has 0 aromatic heterocycles. The van der Waals surface area contributed by atoms with Gasteiger partial charge >= 0.3 is 6.03 Å². The van der Waals surface area contributed by atoms with E-state index in [9.17, 15) is 18.0 Å². The second-order valence-corrected chi connectivity index (χ2v) is 6.67. The maximum atomic E-state index is 11.9. The molecule has 1 aliphatic rings. The lowest BCUT2D eigenvalue weighted by atomic mass is 10.1. The smallest absolute Gasteiger partial charge is 0.324 e. The van der Waals surface area contributed by atoms with Gasteiger partial charge in [-0.2, -0.15) is 0 Å². The molecule has 1 saturated heterocycles. The van der Waals surface area contributed by atoms with Crippen LogP contribution in [0.5, 0.6) is 0 Å². The van der Waals surface area contributed by atoms with E-state index in [-0.39, 0.29) is 17.3 Å². The topological polar surface area (TPSA) is 110 Å². The van der Waals surface area contributed by atoms with Crippen LogP contribution in [0.15, 0.2) is 29.2 Å². The summed E-state index contributed by atoms with van der Waals surface area (Å²) >= 11 is 0. The minimum absolute atomic E-state index is 0.0540. The minimum atomic E-state index is -3.79. The van der Waals surface area contributed by atoms with E-state index in [1.807, 2.05) is 0 Å². The average molecular weight is 325 g/mol. The lowest BCUT2D eigenvalue weighted by molar-refractivity contribution is -0.130. The number of piperidine rings is 1. The highest BCUT2D eigenvalue weighted by molar-refractivity contribution is 7.89. The predicted molar refractivity (Wildman–Crippen MR) is 80.5 cm³/mol. The molecule has 7 nitrogen and oxygen atoms in total. The molecular weight excluding hydrogens is 306 g/mol. The fourth-order valence-corrected chi connectivity index (χ4v) is 3.21. The van der Waals surface area contributed by atoms with Crippen molar-refractivity contribution in [1.82, 2.24) is 10.2 Å². The van der Waals surface area contributed by atoms with Gasteiger partial charge in [0, 0.05) is 19.5 Å². The molecular formula is C14H19N3O4S. The molecule has 120 valence electrons. The predicted octanol–water partition coefficient (Wildman–Crippen LogP) is 0.599. The van der Waals surface area contributed by atoms with Gasteiger partial charge in [-0.15, -0.1) is 0 Å². The molecule has 1 aromatic carbocycles. The van der Waals surface area contributed by atoms with Crippen LogP contribution < -0.4 is 10.5 Å². The maximum Gasteiger partial charge on any atom is 0.324 e. The number of amides is 3. The van der Waals surface area contributed by atoms with E-state index < -0.39 is 16.1 Å². The van der Waals surface area contributed by atoms with Gasteiger partial charge in [-0.05, 0) is 30.9 Å².